The van der Waals surface area contributed by atoms with Crippen LogP contribution in [0.4, 0.5) is 10.6 Å². The van der Waals surface area contributed by atoms with E-state index in [-0.39, 0.29) is 17.2 Å². The number of aromatic nitrogens is 2. The molecule has 1 heterocycles. The fourth-order valence-electron chi connectivity index (χ4n) is 1.57. The smallest absolute Gasteiger partial charge is 0.407 e. The van der Waals surface area contributed by atoms with Gasteiger partial charge < -0.3 is 15.4 Å². The molecule has 1 aromatic heterocycles. The highest BCUT2D eigenvalue weighted by molar-refractivity contribution is 6.28. The van der Waals surface area contributed by atoms with Crippen LogP contribution in [0, 0.1) is 5.92 Å². The average molecular weight is 315 g/mol. The number of ether oxygens (including phenoxy) is 1. The van der Waals surface area contributed by atoms with Crippen molar-refractivity contribution in [3.63, 3.8) is 0 Å². The van der Waals surface area contributed by atoms with Crippen LogP contribution < -0.4 is 10.6 Å². The minimum Gasteiger partial charge on any atom is -0.444 e. The highest BCUT2D eigenvalue weighted by Gasteiger charge is 2.19. The molecule has 0 aliphatic carbocycles. The molecule has 2 N–H and O–H groups in total. The Morgan fingerprint density at radius 1 is 1.43 bits per heavy atom. The van der Waals surface area contributed by atoms with Gasteiger partial charge in [-0.1, -0.05) is 13.8 Å². The second kappa shape index (κ2) is 7.45. The first-order chi connectivity index (χ1) is 9.67. The van der Waals surface area contributed by atoms with Crippen LogP contribution in [0.25, 0.3) is 0 Å². The molecule has 0 radical (unpaired) electrons. The van der Waals surface area contributed by atoms with E-state index >= 15 is 0 Å². The van der Waals surface area contributed by atoms with Gasteiger partial charge in [0, 0.05) is 18.8 Å². The minimum absolute atomic E-state index is 0.00323. The van der Waals surface area contributed by atoms with Gasteiger partial charge in [0.2, 0.25) is 5.28 Å². The Bertz CT molecular complexity index is 474. The largest absolute Gasteiger partial charge is 0.444 e. The second-order valence-electron chi connectivity index (χ2n) is 6.09. The van der Waals surface area contributed by atoms with Crippen molar-refractivity contribution >= 4 is 23.5 Å². The molecular formula is C14H23ClN4O2. The standard InChI is InChI=1S/C14H23ClN4O2/c1-9(2)10(8-17-13(20)21-14(3,4)5)18-11-6-7-16-12(15)19-11/h6-7,9-10H,8H2,1-5H3,(H,17,20)(H,16,18,19)/t10-/m1/s1. The molecular weight excluding hydrogens is 292 g/mol. The zero-order valence-corrected chi connectivity index (χ0v) is 13.9. The maximum atomic E-state index is 11.7. The monoisotopic (exact) mass is 314 g/mol. The second-order valence-corrected chi connectivity index (χ2v) is 6.43. The van der Waals surface area contributed by atoms with E-state index in [9.17, 15) is 4.79 Å². The first-order valence-corrected chi connectivity index (χ1v) is 7.27. The van der Waals surface area contributed by atoms with Gasteiger partial charge in [-0.3, -0.25) is 0 Å². The van der Waals surface area contributed by atoms with Crippen LogP contribution in [0.2, 0.25) is 5.28 Å². The number of nitrogens with zero attached hydrogens (tertiary/aromatic N) is 2. The summed E-state index contributed by atoms with van der Waals surface area (Å²) in [4.78, 5) is 19.6. The summed E-state index contributed by atoms with van der Waals surface area (Å²) in [6, 6.07) is 1.73. The number of carbonyl (C=O) groups excluding carboxylic acids is 1. The summed E-state index contributed by atoms with van der Waals surface area (Å²) < 4.78 is 5.21. The summed E-state index contributed by atoms with van der Waals surface area (Å²) in [6.07, 6.45) is 1.15. The molecule has 1 atom stereocenters. The van der Waals surface area contributed by atoms with Crippen molar-refractivity contribution in [1.29, 1.82) is 0 Å². The van der Waals surface area contributed by atoms with Crippen LogP contribution in [0.1, 0.15) is 34.6 Å². The molecule has 118 valence electrons. The first-order valence-electron chi connectivity index (χ1n) is 6.89. The Kier molecular flexibility index (Phi) is 6.20. The van der Waals surface area contributed by atoms with Crippen molar-refractivity contribution in [3.8, 4) is 0 Å². The number of rotatable bonds is 5. The summed E-state index contributed by atoms with van der Waals surface area (Å²) in [6.45, 7) is 10.0. The molecule has 7 heteroatoms. The molecule has 0 aliphatic rings. The Balaban J connectivity index is 2.57. The molecule has 21 heavy (non-hydrogen) atoms. The fraction of sp³-hybridized carbons (Fsp3) is 0.643. The number of hydrogen-bond acceptors (Lipinski definition) is 5. The van der Waals surface area contributed by atoms with E-state index in [1.54, 1.807) is 12.3 Å². The van der Waals surface area contributed by atoms with Gasteiger partial charge in [-0.05, 0) is 44.4 Å². The van der Waals surface area contributed by atoms with Crippen LogP contribution in [-0.2, 0) is 4.74 Å². The molecule has 1 aromatic rings. The lowest BCUT2D eigenvalue weighted by Gasteiger charge is -2.25. The maximum absolute atomic E-state index is 11.7. The third-order valence-corrected chi connectivity index (χ3v) is 2.81. The van der Waals surface area contributed by atoms with E-state index in [4.69, 9.17) is 16.3 Å². The molecule has 0 fully saturated rings. The molecule has 0 aromatic carbocycles. The van der Waals surface area contributed by atoms with Gasteiger partial charge in [-0.15, -0.1) is 0 Å². The fourth-order valence-corrected chi connectivity index (χ4v) is 1.71. The highest BCUT2D eigenvalue weighted by Crippen LogP contribution is 2.12. The third kappa shape index (κ3) is 7.13. The summed E-state index contributed by atoms with van der Waals surface area (Å²) in [7, 11) is 0. The number of carbonyl (C=O) groups is 1. The van der Waals surface area contributed by atoms with Crippen LogP contribution in [0.5, 0.6) is 0 Å². The predicted octanol–water partition coefficient (Wildman–Crippen LogP) is 3.09. The summed E-state index contributed by atoms with van der Waals surface area (Å²) in [5.41, 5.74) is -0.509. The molecule has 0 bridgehead atoms. The Morgan fingerprint density at radius 2 is 2.10 bits per heavy atom. The summed E-state index contributed by atoms with van der Waals surface area (Å²) in [5, 5.41) is 6.17. The van der Waals surface area contributed by atoms with Crippen LogP contribution in [-0.4, -0.2) is 34.2 Å². The number of halogens is 1. The molecule has 0 unspecified atom stereocenters. The number of alkyl carbamates (subject to hydrolysis) is 1. The first kappa shape index (κ1) is 17.5. The summed E-state index contributed by atoms with van der Waals surface area (Å²) >= 11 is 5.76. The van der Waals surface area contributed by atoms with E-state index in [1.807, 2.05) is 20.8 Å². The summed E-state index contributed by atoms with van der Waals surface area (Å²) in [5.74, 6) is 0.911. The van der Waals surface area contributed by atoms with Gasteiger partial charge in [0.25, 0.3) is 0 Å². The van der Waals surface area contributed by atoms with Crippen LogP contribution in [0.15, 0.2) is 12.3 Å². The molecule has 6 nitrogen and oxygen atoms in total. The van der Waals surface area contributed by atoms with Crippen molar-refractivity contribution in [2.75, 3.05) is 11.9 Å². The number of nitrogens with one attached hydrogen (secondary N) is 2. The number of hydrogen-bond donors (Lipinski definition) is 2. The lowest BCUT2D eigenvalue weighted by Crippen LogP contribution is -2.41. The Morgan fingerprint density at radius 3 is 2.62 bits per heavy atom. The van der Waals surface area contributed by atoms with E-state index in [0.29, 0.717) is 12.4 Å². The van der Waals surface area contributed by atoms with Crippen molar-refractivity contribution in [2.45, 2.75) is 46.3 Å². The molecule has 0 spiro atoms. The minimum atomic E-state index is -0.509. The van der Waals surface area contributed by atoms with E-state index in [1.165, 1.54) is 0 Å². The normalized spacial score (nSPS) is 12.9. The SMILES string of the molecule is CC(C)[C@@H](CNC(=O)OC(C)(C)C)Nc1ccnc(Cl)n1. The van der Waals surface area contributed by atoms with Gasteiger partial charge in [0.05, 0.1) is 0 Å². The van der Waals surface area contributed by atoms with E-state index in [2.05, 4.69) is 34.4 Å². The van der Waals surface area contributed by atoms with Gasteiger partial charge in [0.1, 0.15) is 11.4 Å². The van der Waals surface area contributed by atoms with Crippen molar-refractivity contribution in [1.82, 2.24) is 15.3 Å². The van der Waals surface area contributed by atoms with Crippen LogP contribution in [0.3, 0.4) is 0 Å². The van der Waals surface area contributed by atoms with Crippen LogP contribution >= 0.6 is 11.6 Å². The van der Waals surface area contributed by atoms with Crippen molar-refractivity contribution < 1.29 is 9.53 Å². The Hall–Kier alpha value is -1.56. The molecule has 1 rings (SSSR count). The third-order valence-electron chi connectivity index (χ3n) is 2.63. The van der Waals surface area contributed by atoms with Gasteiger partial charge in [-0.25, -0.2) is 14.8 Å². The quantitative estimate of drug-likeness (QED) is 0.817. The number of anilines is 1. The van der Waals surface area contributed by atoms with Gasteiger partial charge in [-0.2, -0.15) is 0 Å². The van der Waals surface area contributed by atoms with E-state index in [0.717, 1.165) is 0 Å². The van der Waals surface area contributed by atoms with Gasteiger partial charge in [0.15, 0.2) is 0 Å². The van der Waals surface area contributed by atoms with Crippen molar-refractivity contribution in [3.05, 3.63) is 17.5 Å². The predicted molar refractivity (Wildman–Crippen MR) is 83.5 cm³/mol. The topological polar surface area (TPSA) is 76.1 Å². The van der Waals surface area contributed by atoms with E-state index < -0.39 is 11.7 Å². The lowest BCUT2D eigenvalue weighted by molar-refractivity contribution is 0.0523. The maximum Gasteiger partial charge on any atom is 0.407 e. The zero-order chi connectivity index (χ0) is 16.0. The zero-order valence-electron chi connectivity index (χ0n) is 13.1. The van der Waals surface area contributed by atoms with Gasteiger partial charge >= 0.3 is 6.09 Å². The molecule has 0 saturated heterocycles. The Labute approximate surface area is 130 Å². The molecule has 1 amide bonds. The highest BCUT2D eigenvalue weighted by atomic mass is 35.5. The van der Waals surface area contributed by atoms with Crippen molar-refractivity contribution in [2.24, 2.45) is 5.92 Å². The molecule has 0 aliphatic heterocycles. The average Bonchev–Trinajstić information content (AvgIpc) is 2.32. The lowest BCUT2D eigenvalue weighted by atomic mass is 10.0. The number of amides is 1. The molecule has 0 saturated carbocycles.